The third-order valence-electron chi connectivity index (χ3n) is 1.97. The van der Waals surface area contributed by atoms with Crippen LogP contribution in [0, 0.1) is 0 Å². The van der Waals surface area contributed by atoms with E-state index in [1.165, 1.54) is 7.11 Å². The predicted octanol–water partition coefficient (Wildman–Crippen LogP) is 2.39. The fraction of sp³-hybridized carbons (Fsp3) is 0.300. The number of hydrogen-bond acceptors (Lipinski definition) is 3. The quantitative estimate of drug-likeness (QED) is 0.378. The lowest BCUT2D eigenvalue weighted by molar-refractivity contribution is 0.0952. The van der Waals surface area contributed by atoms with E-state index in [4.69, 9.17) is 21.9 Å². The summed E-state index contributed by atoms with van der Waals surface area (Å²) in [4.78, 5) is 14.3. The summed E-state index contributed by atoms with van der Waals surface area (Å²) in [6.07, 6.45) is 0. The topological polar surface area (TPSA) is 87.1 Å². The molecule has 0 aliphatic rings. The average Bonchev–Trinajstić information content (AvgIpc) is 2.34. The maximum atomic E-state index is 11.7. The summed E-state index contributed by atoms with van der Waals surface area (Å²) >= 11 is 5.78. The average molecular weight is 255 g/mol. The van der Waals surface area contributed by atoms with Gasteiger partial charge in [0, 0.05) is 23.0 Å². The molecule has 0 aromatic heterocycles. The van der Waals surface area contributed by atoms with Crippen LogP contribution in [0.2, 0.25) is 5.02 Å². The van der Waals surface area contributed by atoms with Crippen LogP contribution in [0.5, 0.6) is 5.75 Å². The van der Waals surface area contributed by atoms with E-state index in [-0.39, 0.29) is 19.0 Å². The van der Waals surface area contributed by atoms with E-state index in [1.54, 1.807) is 18.2 Å². The minimum Gasteiger partial charge on any atom is -0.496 e. The molecule has 1 rings (SSSR count). The Labute approximate surface area is 103 Å². The first kappa shape index (κ1) is 13.2. The van der Waals surface area contributed by atoms with E-state index < -0.39 is 0 Å². The lowest BCUT2D eigenvalue weighted by Crippen LogP contribution is -2.26. The Morgan fingerprint density at radius 2 is 2.41 bits per heavy atom. The fourth-order valence-electron chi connectivity index (χ4n) is 1.21. The lowest BCUT2D eigenvalue weighted by Gasteiger charge is -2.08. The van der Waals surface area contributed by atoms with Gasteiger partial charge in [0.05, 0.1) is 12.7 Å². The molecule has 0 aliphatic heterocycles. The largest absolute Gasteiger partial charge is 0.496 e. The molecule has 0 saturated heterocycles. The number of halogens is 1. The van der Waals surface area contributed by atoms with Crippen molar-refractivity contribution in [2.75, 3.05) is 20.2 Å². The van der Waals surface area contributed by atoms with Gasteiger partial charge in [-0.2, -0.15) is 0 Å². The molecule has 0 saturated carbocycles. The SMILES string of the molecule is COc1cc(Cl)ccc1C(=O)NCCN=[N+]=[N-]. The van der Waals surface area contributed by atoms with Crippen LogP contribution in [-0.4, -0.2) is 26.1 Å². The highest BCUT2D eigenvalue weighted by molar-refractivity contribution is 6.30. The molecule has 0 aliphatic carbocycles. The maximum Gasteiger partial charge on any atom is 0.255 e. The van der Waals surface area contributed by atoms with Gasteiger partial charge < -0.3 is 10.1 Å². The molecule has 1 aromatic carbocycles. The summed E-state index contributed by atoms with van der Waals surface area (Å²) in [7, 11) is 1.46. The molecule has 17 heavy (non-hydrogen) atoms. The van der Waals surface area contributed by atoms with Crippen LogP contribution in [0.4, 0.5) is 0 Å². The van der Waals surface area contributed by atoms with Gasteiger partial charge in [0.15, 0.2) is 0 Å². The van der Waals surface area contributed by atoms with Gasteiger partial charge in [-0.3, -0.25) is 4.79 Å². The van der Waals surface area contributed by atoms with Gasteiger partial charge in [-0.15, -0.1) is 0 Å². The Morgan fingerprint density at radius 1 is 1.65 bits per heavy atom. The van der Waals surface area contributed by atoms with Gasteiger partial charge >= 0.3 is 0 Å². The number of carbonyl (C=O) groups excluding carboxylic acids is 1. The zero-order chi connectivity index (χ0) is 12.7. The number of ether oxygens (including phenoxy) is 1. The molecule has 90 valence electrons. The summed E-state index contributed by atoms with van der Waals surface area (Å²) in [6.45, 7) is 0.479. The van der Waals surface area contributed by atoms with Crippen LogP contribution in [-0.2, 0) is 0 Å². The first-order chi connectivity index (χ1) is 8.19. The van der Waals surface area contributed by atoms with Crippen molar-refractivity contribution in [2.24, 2.45) is 5.11 Å². The molecule has 1 aromatic rings. The molecule has 0 heterocycles. The second kappa shape index (κ2) is 6.62. The first-order valence-corrected chi connectivity index (χ1v) is 5.19. The zero-order valence-electron chi connectivity index (χ0n) is 9.18. The second-order valence-electron chi connectivity index (χ2n) is 3.05. The number of methoxy groups -OCH3 is 1. The van der Waals surface area contributed by atoms with E-state index in [0.717, 1.165) is 0 Å². The van der Waals surface area contributed by atoms with Crippen molar-refractivity contribution in [3.05, 3.63) is 39.2 Å². The van der Waals surface area contributed by atoms with Gasteiger partial charge in [0.2, 0.25) is 0 Å². The third kappa shape index (κ3) is 3.86. The summed E-state index contributed by atoms with van der Waals surface area (Å²) in [5.74, 6) is 0.102. The summed E-state index contributed by atoms with van der Waals surface area (Å²) < 4.78 is 5.05. The molecule has 1 N–H and O–H groups in total. The van der Waals surface area contributed by atoms with E-state index >= 15 is 0 Å². The summed E-state index contributed by atoms with van der Waals surface area (Å²) in [6, 6.07) is 4.74. The smallest absolute Gasteiger partial charge is 0.255 e. The molecule has 0 atom stereocenters. The van der Waals surface area contributed by atoms with Crippen LogP contribution in [0.15, 0.2) is 23.3 Å². The lowest BCUT2D eigenvalue weighted by atomic mass is 10.2. The van der Waals surface area contributed by atoms with Crippen LogP contribution in [0.25, 0.3) is 10.4 Å². The monoisotopic (exact) mass is 254 g/mol. The first-order valence-electron chi connectivity index (χ1n) is 4.81. The van der Waals surface area contributed by atoms with Crippen molar-refractivity contribution in [2.45, 2.75) is 0 Å². The highest BCUT2D eigenvalue weighted by atomic mass is 35.5. The van der Waals surface area contributed by atoms with Crippen LogP contribution in [0.1, 0.15) is 10.4 Å². The number of rotatable bonds is 5. The van der Waals surface area contributed by atoms with Crippen LogP contribution >= 0.6 is 11.6 Å². The molecule has 0 radical (unpaired) electrons. The standard InChI is InChI=1S/C10H11ClN4O2/c1-17-9-6-7(11)2-3-8(9)10(16)13-4-5-14-15-12/h2-3,6H,4-5H2,1H3,(H,13,16). The molecule has 6 nitrogen and oxygen atoms in total. The van der Waals surface area contributed by atoms with Crippen molar-refractivity contribution in [3.8, 4) is 5.75 Å². The third-order valence-corrected chi connectivity index (χ3v) is 2.20. The second-order valence-corrected chi connectivity index (χ2v) is 3.49. The van der Waals surface area contributed by atoms with Gasteiger partial charge in [-0.1, -0.05) is 16.7 Å². The van der Waals surface area contributed by atoms with Gasteiger partial charge in [-0.25, -0.2) is 0 Å². The number of carbonyl (C=O) groups is 1. The highest BCUT2D eigenvalue weighted by Crippen LogP contribution is 2.22. The predicted molar refractivity (Wildman–Crippen MR) is 64.4 cm³/mol. The Morgan fingerprint density at radius 3 is 3.06 bits per heavy atom. The van der Waals surface area contributed by atoms with Crippen molar-refractivity contribution in [3.63, 3.8) is 0 Å². The minimum absolute atomic E-state index is 0.206. The Hall–Kier alpha value is -1.91. The highest BCUT2D eigenvalue weighted by Gasteiger charge is 2.11. The number of nitrogens with one attached hydrogen (secondary N) is 1. The van der Waals surface area contributed by atoms with E-state index in [1.807, 2.05) is 0 Å². The molecule has 0 bridgehead atoms. The van der Waals surface area contributed by atoms with Gasteiger partial charge in [0.1, 0.15) is 5.75 Å². The molecule has 0 fully saturated rings. The molecule has 7 heteroatoms. The van der Waals surface area contributed by atoms with Crippen molar-refractivity contribution in [1.82, 2.24) is 5.32 Å². The molecule has 1 amide bonds. The Kier molecular flexibility index (Phi) is 5.13. The molecule has 0 unspecified atom stereocenters. The minimum atomic E-state index is -0.299. The van der Waals surface area contributed by atoms with E-state index in [2.05, 4.69) is 15.3 Å². The Bertz CT molecular complexity index is 458. The molecular formula is C10H11ClN4O2. The fourth-order valence-corrected chi connectivity index (χ4v) is 1.37. The number of hydrogen-bond donors (Lipinski definition) is 1. The molecule has 0 spiro atoms. The normalized spacial score (nSPS) is 9.29. The van der Waals surface area contributed by atoms with E-state index in [9.17, 15) is 4.79 Å². The summed E-state index contributed by atoms with van der Waals surface area (Å²) in [5.41, 5.74) is 8.46. The van der Waals surface area contributed by atoms with Crippen LogP contribution in [0.3, 0.4) is 0 Å². The number of nitrogens with zero attached hydrogens (tertiary/aromatic N) is 3. The Balaban J connectivity index is 2.71. The van der Waals surface area contributed by atoms with Crippen molar-refractivity contribution < 1.29 is 9.53 Å². The van der Waals surface area contributed by atoms with Crippen molar-refractivity contribution in [1.29, 1.82) is 0 Å². The summed E-state index contributed by atoms with van der Waals surface area (Å²) in [5, 5.41) is 6.40. The van der Waals surface area contributed by atoms with Crippen molar-refractivity contribution >= 4 is 17.5 Å². The maximum absolute atomic E-state index is 11.7. The zero-order valence-corrected chi connectivity index (χ0v) is 9.94. The van der Waals surface area contributed by atoms with Gasteiger partial charge in [-0.05, 0) is 23.7 Å². The van der Waals surface area contributed by atoms with Gasteiger partial charge in [0.25, 0.3) is 5.91 Å². The van der Waals surface area contributed by atoms with Crippen LogP contribution < -0.4 is 10.1 Å². The number of amides is 1. The molecular weight excluding hydrogens is 244 g/mol. The van der Waals surface area contributed by atoms with E-state index in [0.29, 0.717) is 16.3 Å². The number of benzene rings is 1. The number of azide groups is 1.